The summed E-state index contributed by atoms with van der Waals surface area (Å²) < 4.78 is 10.6. The number of carbonyl (C=O) groups is 2. The van der Waals surface area contributed by atoms with Crippen molar-refractivity contribution < 1.29 is 19.1 Å². The van der Waals surface area contributed by atoms with E-state index in [-0.39, 0.29) is 18.4 Å². The average molecular weight is 384 g/mol. The molecule has 150 valence electrons. The number of hydrogen-bond donors (Lipinski definition) is 2. The number of methoxy groups -OCH3 is 1. The van der Waals surface area contributed by atoms with Crippen molar-refractivity contribution in [2.24, 2.45) is 0 Å². The zero-order valence-electron chi connectivity index (χ0n) is 16.7. The number of amides is 2. The molecule has 2 N–H and O–H groups in total. The van der Waals surface area contributed by atoms with Gasteiger partial charge in [0.1, 0.15) is 5.75 Å². The molecule has 0 aliphatic heterocycles. The van der Waals surface area contributed by atoms with Gasteiger partial charge >= 0.3 is 0 Å². The lowest BCUT2D eigenvalue weighted by molar-refractivity contribution is -0.118. The van der Waals surface area contributed by atoms with Crippen molar-refractivity contribution >= 4 is 17.5 Å². The van der Waals surface area contributed by atoms with Crippen molar-refractivity contribution in [2.75, 3.05) is 32.2 Å². The fourth-order valence-electron chi connectivity index (χ4n) is 2.65. The van der Waals surface area contributed by atoms with Crippen LogP contribution in [0.25, 0.3) is 0 Å². The number of rotatable bonds is 10. The Balaban J connectivity index is 1.88. The quantitative estimate of drug-likeness (QED) is 0.614. The molecule has 28 heavy (non-hydrogen) atoms. The van der Waals surface area contributed by atoms with E-state index in [4.69, 9.17) is 9.47 Å². The number of nitrogens with one attached hydrogen (secondary N) is 2. The SMILES string of the molecule is CCC(C)c1ccccc1OCC(=O)Nc1ccc(C(=O)NCCOC)cc1. The Bertz CT molecular complexity index is 774. The second kappa shape index (κ2) is 11.1. The molecular formula is C22H28N2O4. The summed E-state index contributed by atoms with van der Waals surface area (Å²) in [7, 11) is 1.58. The highest BCUT2D eigenvalue weighted by atomic mass is 16.5. The minimum Gasteiger partial charge on any atom is -0.483 e. The topological polar surface area (TPSA) is 76.7 Å². The lowest BCUT2D eigenvalue weighted by Crippen LogP contribution is -2.26. The van der Waals surface area contributed by atoms with Gasteiger partial charge in [-0.05, 0) is 48.2 Å². The number of ether oxygens (including phenoxy) is 2. The summed E-state index contributed by atoms with van der Waals surface area (Å²) in [6.07, 6.45) is 0.998. The second-order valence-corrected chi connectivity index (χ2v) is 6.51. The molecule has 0 radical (unpaired) electrons. The number of para-hydroxylation sites is 1. The van der Waals surface area contributed by atoms with Crippen molar-refractivity contribution in [1.82, 2.24) is 5.32 Å². The van der Waals surface area contributed by atoms with Crippen LogP contribution in [-0.2, 0) is 9.53 Å². The number of benzene rings is 2. The molecule has 2 rings (SSSR count). The molecule has 0 saturated carbocycles. The summed E-state index contributed by atoms with van der Waals surface area (Å²) in [5, 5.41) is 5.52. The molecule has 0 bridgehead atoms. The Morgan fingerprint density at radius 3 is 2.46 bits per heavy atom. The molecule has 6 heteroatoms. The zero-order chi connectivity index (χ0) is 20.4. The van der Waals surface area contributed by atoms with Crippen LogP contribution < -0.4 is 15.4 Å². The van der Waals surface area contributed by atoms with Gasteiger partial charge < -0.3 is 20.1 Å². The maximum Gasteiger partial charge on any atom is 0.262 e. The highest BCUT2D eigenvalue weighted by molar-refractivity contribution is 5.96. The van der Waals surface area contributed by atoms with Crippen molar-refractivity contribution in [3.05, 3.63) is 59.7 Å². The van der Waals surface area contributed by atoms with Gasteiger partial charge in [-0.25, -0.2) is 0 Å². The van der Waals surface area contributed by atoms with Crippen LogP contribution in [0.15, 0.2) is 48.5 Å². The smallest absolute Gasteiger partial charge is 0.262 e. The zero-order valence-corrected chi connectivity index (χ0v) is 16.7. The third kappa shape index (κ3) is 6.39. The van der Waals surface area contributed by atoms with Crippen LogP contribution in [0.3, 0.4) is 0 Å². The van der Waals surface area contributed by atoms with Crippen molar-refractivity contribution in [2.45, 2.75) is 26.2 Å². The molecule has 6 nitrogen and oxygen atoms in total. The Labute approximate surface area is 166 Å². The third-order valence-electron chi connectivity index (χ3n) is 4.44. The fraction of sp³-hybridized carbons (Fsp3) is 0.364. The second-order valence-electron chi connectivity index (χ2n) is 6.51. The first-order chi connectivity index (χ1) is 13.5. The lowest BCUT2D eigenvalue weighted by atomic mass is 9.98. The molecule has 2 aromatic rings. The third-order valence-corrected chi connectivity index (χ3v) is 4.44. The van der Waals surface area contributed by atoms with Gasteiger partial charge in [0.2, 0.25) is 0 Å². The first kappa shape index (κ1) is 21.4. The molecule has 0 aliphatic rings. The van der Waals surface area contributed by atoms with Crippen LogP contribution >= 0.6 is 0 Å². The molecule has 0 saturated heterocycles. The van der Waals surface area contributed by atoms with E-state index in [1.165, 1.54) is 0 Å². The van der Waals surface area contributed by atoms with Crippen LogP contribution in [0.5, 0.6) is 5.75 Å². The van der Waals surface area contributed by atoms with Gasteiger partial charge in [0.25, 0.3) is 11.8 Å². The summed E-state index contributed by atoms with van der Waals surface area (Å²) >= 11 is 0. The van der Waals surface area contributed by atoms with Gasteiger partial charge in [-0.2, -0.15) is 0 Å². The van der Waals surface area contributed by atoms with Gasteiger partial charge in [-0.3, -0.25) is 9.59 Å². The predicted octanol–water partition coefficient (Wildman–Crippen LogP) is 3.59. The minimum absolute atomic E-state index is 0.0767. The van der Waals surface area contributed by atoms with Gasteiger partial charge in [0, 0.05) is 24.9 Å². The van der Waals surface area contributed by atoms with Crippen molar-refractivity contribution in [1.29, 1.82) is 0 Å². The number of hydrogen-bond acceptors (Lipinski definition) is 4. The van der Waals surface area contributed by atoms with Gasteiger partial charge in [0.15, 0.2) is 6.61 Å². The molecule has 2 aromatic carbocycles. The maximum atomic E-state index is 12.2. The van der Waals surface area contributed by atoms with Crippen LogP contribution in [0, 0.1) is 0 Å². The van der Waals surface area contributed by atoms with Crippen LogP contribution in [0.4, 0.5) is 5.69 Å². The van der Waals surface area contributed by atoms with E-state index in [0.717, 1.165) is 17.7 Å². The minimum atomic E-state index is -0.253. The highest BCUT2D eigenvalue weighted by Gasteiger charge is 2.11. The van der Waals surface area contributed by atoms with E-state index >= 15 is 0 Å². The van der Waals surface area contributed by atoms with E-state index in [1.807, 2.05) is 24.3 Å². The number of anilines is 1. The molecule has 0 aliphatic carbocycles. The van der Waals surface area contributed by atoms with Gasteiger partial charge in [0.05, 0.1) is 6.61 Å². The normalized spacial score (nSPS) is 11.5. The molecule has 0 spiro atoms. The predicted molar refractivity (Wildman–Crippen MR) is 110 cm³/mol. The van der Waals surface area contributed by atoms with Crippen LogP contribution in [0.2, 0.25) is 0 Å². The Morgan fingerprint density at radius 2 is 1.79 bits per heavy atom. The molecular weight excluding hydrogens is 356 g/mol. The molecule has 0 fully saturated rings. The Hall–Kier alpha value is -2.86. The van der Waals surface area contributed by atoms with Crippen LogP contribution in [0.1, 0.15) is 42.1 Å². The first-order valence-corrected chi connectivity index (χ1v) is 9.44. The number of carbonyl (C=O) groups excluding carboxylic acids is 2. The first-order valence-electron chi connectivity index (χ1n) is 9.44. The van der Waals surface area contributed by atoms with E-state index in [2.05, 4.69) is 24.5 Å². The summed E-state index contributed by atoms with van der Waals surface area (Å²) in [5.41, 5.74) is 2.23. The monoisotopic (exact) mass is 384 g/mol. The molecule has 2 amide bonds. The molecule has 0 heterocycles. The summed E-state index contributed by atoms with van der Waals surface area (Å²) in [6.45, 7) is 5.08. The highest BCUT2D eigenvalue weighted by Crippen LogP contribution is 2.28. The van der Waals surface area contributed by atoms with E-state index in [1.54, 1.807) is 31.4 Å². The van der Waals surface area contributed by atoms with E-state index in [0.29, 0.717) is 30.3 Å². The Kier molecular flexibility index (Phi) is 8.49. The summed E-state index contributed by atoms with van der Waals surface area (Å²) in [4.78, 5) is 24.2. The lowest BCUT2D eigenvalue weighted by Gasteiger charge is -2.15. The van der Waals surface area contributed by atoms with Gasteiger partial charge in [-0.1, -0.05) is 32.0 Å². The maximum absolute atomic E-state index is 12.2. The fourth-order valence-corrected chi connectivity index (χ4v) is 2.65. The summed E-state index contributed by atoms with van der Waals surface area (Å²) in [6, 6.07) is 14.5. The molecule has 0 aromatic heterocycles. The van der Waals surface area contributed by atoms with Gasteiger partial charge in [-0.15, -0.1) is 0 Å². The van der Waals surface area contributed by atoms with Crippen molar-refractivity contribution in [3.63, 3.8) is 0 Å². The average Bonchev–Trinajstić information content (AvgIpc) is 2.72. The Morgan fingerprint density at radius 1 is 1.07 bits per heavy atom. The molecule has 1 unspecified atom stereocenters. The summed E-state index contributed by atoms with van der Waals surface area (Å²) in [5.74, 6) is 0.660. The van der Waals surface area contributed by atoms with E-state index < -0.39 is 0 Å². The standard InChI is InChI=1S/C22H28N2O4/c1-4-16(2)19-7-5-6-8-20(19)28-15-21(25)24-18-11-9-17(10-12-18)22(26)23-13-14-27-3/h5-12,16H,4,13-15H2,1-3H3,(H,23,26)(H,24,25). The van der Waals surface area contributed by atoms with E-state index in [9.17, 15) is 9.59 Å². The van der Waals surface area contributed by atoms with Crippen molar-refractivity contribution in [3.8, 4) is 5.75 Å². The largest absolute Gasteiger partial charge is 0.483 e. The van der Waals surface area contributed by atoms with Crippen LogP contribution in [-0.4, -0.2) is 38.7 Å². The molecule has 1 atom stereocenters.